The first-order valence-corrected chi connectivity index (χ1v) is 12.9. The van der Waals surface area contributed by atoms with Crippen molar-refractivity contribution in [3.8, 4) is 5.75 Å². The van der Waals surface area contributed by atoms with E-state index < -0.39 is 0 Å². The number of amides is 1. The lowest BCUT2D eigenvalue weighted by Gasteiger charge is -2.34. The van der Waals surface area contributed by atoms with E-state index in [0.717, 1.165) is 56.6 Å². The normalized spacial score (nSPS) is 31.8. The van der Waals surface area contributed by atoms with E-state index >= 15 is 0 Å². The maximum Gasteiger partial charge on any atom is 0.306 e. The summed E-state index contributed by atoms with van der Waals surface area (Å²) in [5.74, 6) is 2.49. The standard InChI is InChI=1S/C27H37NO4/c29-23-12-10-22-17-28(27(31)24(22)15-23)16-18-6-8-20(9-7-18)25-13-11-21(14-26(30)32-25)19-4-2-1-3-5-19/h10,12,15,18-21,25,29H,1-9,11,13-14,16-17H2/t18-,20-,21?,25?. The molecule has 2 saturated carbocycles. The van der Waals surface area contributed by atoms with Gasteiger partial charge in [-0.15, -0.1) is 0 Å². The smallest absolute Gasteiger partial charge is 0.306 e. The van der Waals surface area contributed by atoms with E-state index in [4.69, 9.17) is 4.74 Å². The number of esters is 1. The lowest BCUT2D eigenvalue weighted by molar-refractivity contribution is -0.152. The van der Waals surface area contributed by atoms with Gasteiger partial charge < -0.3 is 14.7 Å². The molecule has 2 aliphatic carbocycles. The Morgan fingerprint density at radius 2 is 1.62 bits per heavy atom. The number of aromatic hydroxyl groups is 1. The third-order valence-corrected chi connectivity index (χ3v) is 8.72. The molecule has 2 unspecified atom stereocenters. The van der Waals surface area contributed by atoms with Crippen LogP contribution in [0.1, 0.15) is 93.0 Å². The maximum absolute atomic E-state index is 12.7. The molecule has 2 atom stereocenters. The minimum absolute atomic E-state index is 0.0360. The van der Waals surface area contributed by atoms with Gasteiger partial charge in [0.15, 0.2) is 0 Å². The lowest BCUT2D eigenvalue weighted by Crippen LogP contribution is -2.34. The van der Waals surface area contributed by atoms with Crippen LogP contribution in [0.5, 0.6) is 5.75 Å². The first-order valence-electron chi connectivity index (χ1n) is 12.9. The summed E-state index contributed by atoms with van der Waals surface area (Å²) in [7, 11) is 0. The van der Waals surface area contributed by atoms with E-state index in [1.807, 2.05) is 11.0 Å². The van der Waals surface area contributed by atoms with E-state index in [1.165, 1.54) is 32.1 Å². The Balaban J connectivity index is 1.12. The summed E-state index contributed by atoms with van der Waals surface area (Å²) in [4.78, 5) is 27.2. The second-order valence-electron chi connectivity index (χ2n) is 10.8. The quantitative estimate of drug-likeness (QED) is 0.634. The lowest BCUT2D eigenvalue weighted by atomic mass is 9.75. The molecule has 3 fully saturated rings. The number of fused-ring (bicyclic) bond motifs is 1. The second kappa shape index (κ2) is 9.44. The van der Waals surface area contributed by atoms with Gasteiger partial charge in [0.05, 0.1) is 0 Å². The largest absolute Gasteiger partial charge is 0.508 e. The van der Waals surface area contributed by atoms with Crippen LogP contribution in [0.25, 0.3) is 0 Å². The van der Waals surface area contributed by atoms with Crippen molar-refractivity contribution in [2.75, 3.05) is 6.54 Å². The average Bonchev–Trinajstić information content (AvgIpc) is 2.98. The molecule has 2 heterocycles. The van der Waals surface area contributed by atoms with Gasteiger partial charge in [-0.3, -0.25) is 9.59 Å². The predicted molar refractivity (Wildman–Crippen MR) is 122 cm³/mol. The molecular weight excluding hydrogens is 402 g/mol. The number of hydrogen-bond acceptors (Lipinski definition) is 4. The van der Waals surface area contributed by atoms with Crippen molar-refractivity contribution in [1.82, 2.24) is 4.90 Å². The van der Waals surface area contributed by atoms with Gasteiger partial charge in [0.25, 0.3) is 5.91 Å². The Morgan fingerprint density at radius 1 is 0.875 bits per heavy atom. The molecular formula is C27H37NO4. The van der Waals surface area contributed by atoms with Gasteiger partial charge in [0.2, 0.25) is 0 Å². The van der Waals surface area contributed by atoms with Gasteiger partial charge in [0.1, 0.15) is 11.9 Å². The summed E-state index contributed by atoms with van der Waals surface area (Å²) in [6, 6.07) is 5.11. The zero-order valence-corrected chi connectivity index (χ0v) is 19.1. The fraction of sp³-hybridized carbons (Fsp3) is 0.704. The molecule has 5 rings (SSSR count). The molecule has 5 nitrogen and oxygen atoms in total. The molecule has 1 N–H and O–H groups in total. The Morgan fingerprint density at radius 3 is 2.41 bits per heavy atom. The molecule has 1 amide bonds. The molecule has 174 valence electrons. The van der Waals surface area contributed by atoms with E-state index in [1.54, 1.807) is 12.1 Å². The topological polar surface area (TPSA) is 66.8 Å². The second-order valence-corrected chi connectivity index (χ2v) is 10.8. The van der Waals surface area contributed by atoms with Gasteiger partial charge in [-0.2, -0.15) is 0 Å². The van der Waals surface area contributed by atoms with Crippen LogP contribution in [0.3, 0.4) is 0 Å². The Bertz CT molecular complexity index is 838. The number of cyclic esters (lactones) is 1. The number of nitrogens with zero attached hydrogens (tertiary/aromatic N) is 1. The fourth-order valence-electron chi connectivity index (χ4n) is 6.86. The van der Waals surface area contributed by atoms with Gasteiger partial charge in [-0.1, -0.05) is 38.2 Å². The summed E-state index contributed by atoms with van der Waals surface area (Å²) in [5.41, 5.74) is 1.66. The molecule has 1 aromatic carbocycles. The van der Waals surface area contributed by atoms with Crippen LogP contribution in [0.2, 0.25) is 0 Å². The van der Waals surface area contributed by atoms with Crippen molar-refractivity contribution in [3.63, 3.8) is 0 Å². The number of phenolic OH excluding ortho intramolecular Hbond substituents is 1. The molecule has 1 saturated heterocycles. The monoisotopic (exact) mass is 439 g/mol. The van der Waals surface area contributed by atoms with Crippen LogP contribution in [-0.2, 0) is 16.1 Å². The van der Waals surface area contributed by atoms with E-state index in [2.05, 4.69) is 0 Å². The molecule has 0 radical (unpaired) electrons. The highest BCUT2D eigenvalue weighted by Crippen LogP contribution is 2.40. The van der Waals surface area contributed by atoms with Gasteiger partial charge in [-0.25, -0.2) is 0 Å². The zero-order chi connectivity index (χ0) is 22.1. The number of phenols is 1. The highest BCUT2D eigenvalue weighted by molar-refractivity contribution is 5.98. The van der Waals surface area contributed by atoms with Crippen molar-refractivity contribution in [2.45, 2.75) is 89.7 Å². The van der Waals surface area contributed by atoms with Gasteiger partial charge in [0, 0.05) is 25.1 Å². The number of ether oxygens (including phenoxy) is 1. The number of carbonyl (C=O) groups excluding carboxylic acids is 2. The van der Waals surface area contributed by atoms with Crippen molar-refractivity contribution < 1.29 is 19.4 Å². The molecule has 0 spiro atoms. The van der Waals surface area contributed by atoms with Gasteiger partial charge in [-0.05, 0) is 79.9 Å². The van der Waals surface area contributed by atoms with Gasteiger partial charge >= 0.3 is 5.97 Å². The van der Waals surface area contributed by atoms with Crippen molar-refractivity contribution >= 4 is 11.9 Å². The molecule has 32 heavy (non-hydrogen) atoms. The van der Waals surface area contributed by atoms with Crippen molar-refractivity contribution in [3.05, 3.63) is 29.3 Å². The highest BCUT2D eigenvalue weighted by Gasteiger charge is 2.37. The number of carbonyl (C=O) groups is 2. The molecule has 5 heteroatoms. The SMILES string of the molecule is O=C1CC(C2CCCCC2)CCC([C@H]2CC[C@H](CN3Cc4ccc(O)cc4C3=O)CC2)O1. The Labute approximate surface area is 191 Å². The first-order chi connectivity index (χ1) is 15.6. The van der Waals surface area contributed by atoms with Crippen LogP contribution >= 0.6 is 0 Å². The molecule has 1 aromatic rings. The highest BCUT2D eigenvalue weighted by atomic mass is 16.5. The van der Waals surface area contributed by atoms with Crippen LogP contribution in [0.4, 0.5) is 0 Å². The Kier molecular flexibility index (Phi) is 6.43. The van der Waals surface area contributed by atoms with E-state index in [9.17, 15) is 14.7 Å². The first kappa shape index (κ1) is 21.8. The van der Waals surface area contributed by atoms with Crippen molar-refractivity contribution in [2.24, 2.45) is 23.7 Å². The fourth-order valence-corrected chi connectivity index (χ4v) is 6.86. The molecule has 0 aromatic heterocycles. The zero-order valence-electron chi connectivity index (χ0n) is 19.1. The third kappa shape index (κ3) is 4.67. The van der Waals surface area contributed by atoms with Crippen LogP contribution in [-0.4, -0.2) is 34.5 Å². The molecule has 2 aliphatic heterocycles. The summed E-state index contributed by atoms with van der Waals surface area (Å²) in [6.45, 7) is 1.44. The average molecular weight is 440 g/mol. The summed E-state index contributed by atoms with van der Waals surface area (Å²) in [6.07, 6.45) is 13.9. The maximum atomic E-state index is 12.7. The number of hydrogen-bond donors (Lipinski definition) is 1. The third-order valence-electron chi connectivity index (χ3n) is 8.72. The van der Waals surface area contributed by atoms with Crippen molar-refractivity contribution in [1.29, 1.82) is 0 Å². The summed E-state index contributed by atoms with van der Waals surface area (Å²) in [5, 5.41) is 9.70. The molecule has 0 bridgehead atoms. The summed E-state index contributed by atoms with van der Waals surface area (Å²) >= 11 is 0. The summed E-state index contributed by atoms with van der Waals surface area (Å²) < 4.78 is 5.98. The minimum atomic E-state index is 0.0360. The number of rotatable bonds is 4. The van der Waals surface area contributed by atoms with E-state index in [0.29, 0.717) is 36.3 Å². The Hall–Kier alpha value is -2.04. The minimum Gasteiger partial charge on any atom is -0.508 e. The predicted octanol–water partition coefficient (Wildman–Crippen LogP) is 5.45. The molecule has 4 aliphatic rings. The van der Waals surface area contributed by atoms with Crippen LogP contribution in [0.15, 0.2) is 18.2 Å². The van der Waals surface area contributed by atoms with Crippen LogP contribution in [0, 0.1) is 23.7 Å². The van der Waals surface area contributed by atoms with Crippen LogP contribution < -0.4 is 0 Å². The van der Waals surface area contributed by atoms with E-state index in [-0.39, 0.29) is 23.7 Å². The number of benzene rings is 1.